The monoisotopic (exact) mass is 589 g/mol. The maximum atomic E-state index is 16.5. The third-order valence-electron chi connectivity index (χ3n) is 8.60. The summed E-state index contributed by atoms with van der Waals surface area (Å²) in [6.07, 6.45) is 4.25. The van der Waals surface area contributed by atoms with Gasteiger partial charge in [0.1, 0.15) is 23.6 Å². The number of hydrogen-bond acceptors (Lipinski definition) is 9. The normalized spacial score (nSPS) is 20.6. The van der Waals surface area contributed by atoms with E-state index < -0.39 is 23.6 Å². The summed E-state index contributed by atoms with van der Waals surface area (Å²) in [5.74, 6) is -2.12. The minimum atomic E-state index is -1.08. The Morgan fingerprint density at radius 1 is 1.26 bits per heavy atom. The van der Waals surface area contributed by atoms with Crippen LogP contribution in [0.1, 0.15) is 30.4 Å². The number of halogens is 2. The van der Waals surface area contributed by atoms with Gasteiger partial charge in [0, 0.05) is 37.4 Å². The van der Waals surface area contributed by atoms with E-state index in [-0.39, 0.29) is 49.3 Å². The van der Waals surface area contributed by atoms with E-state index >= 15 is 4.39 Å². The summed E-state index contributed by atoms with van der Waals surface area (Å²) in [6, 6.07) is 7.40. The average Bonchev–Trinajstić information content (AvgIpc) is 3.44. The summed E-state index contributed by atoms with van der Waals surface area (Å²) in [5, 5.41) is 9.82. The van der Waals surface area contributed by atoms with E-state index in [1.807, 2.05) is 30.1 Å². The lowest BCUT2D eigenvalue weighted by atomic mass is 9.94. The lowest BCUT2D eigenvalue weighted by molar-refractivity contribution is -0.131. The molecule has 0 N–H and O–H groups in total. The molecule has 2 aromatic heterocycles. The van der Waals surface area contributed by atoms with E-state index in [1.54, 1.807) is 6.20 Å². The van der Waals surface area contributed by atoms with Crippen molar-refractivity contribution in [2.75, 3.05) is 51.3 Å². The van der Waals surface area contributed by atoms with Crippen molar-refractivity contribution < 1.29 is 23.0 Å². The number of piperazine rings is 1. The SMILES string of the molecule is C=C(F)C(=O)N1CCN(c2nc(OC[C@@H]3CCCN3C)nc3c(F)c(-c4cccc5c4CCOC5)ncc23)C[C@@H]1CC#N. The highest BCUT2D eigenvalue weighted by Gasteiger charge is 2.34. The topological polar surface area (TPSA) is 108 Å². The zero-order valence-corrected chi connectivity index (χ0v) is 24.1. The summed E-state index contributed by atoms with van der Waals surface area (Å²) >= 11 is 0. The zero-order chi connectivity index (χ0) is 30.1. The van der Waals surface area contributed by atoms with Crippen LogP contribution >= 0.6 is 0 Å². The van der Waals surface area contributed by atoms with Crippen LogP contribution in [0.5, 0.6) is 6.01 Å². The Hall–Kier alpha value is -4.21. The number of pyridine rings is 1. The Bertz CT molecular complexity index is 1610. The Labute approximate surface area is 248 Å². The van der Waals surface area contributed by atoms with Crippen LogP contribution < -0.4 is 9.64 Å². The Balaban J connectivity index is 1.42. The molecule has 0 radical (unpaired) electrons. The summed E-state index contributed by atoms with van der Waals surface area (Å²) < 4.78 is 41.9. The zero-order valence-electron chi connectivity index (χ0n) is 24.1. The molecule has 1 aromatic carbocycles. The van der Waals surface area contributed by atoms with Gasteiger partial charge in [0.15, 0.2) is 11.6 Å². The molecule has 0 bridgehead atoms. The first-order valence-electron chi connectivity index (χ1n) is 14.5. The third-order valence-corrected chi connectivity index (χ3v) is 8.60. The standard InChI is InChI=1S/C31H33F2N7O3/c1-19(32)30(41)40-13-12-39(16-21(40)8-10-34)29-25-15-35-27(24-7-3-5-20-17-42-14-9-23(20)24)26(33)28(25)36-31(37-29)43-18-22-6-4-11-38(22)2/h3,5,7,15,21-22H,1,4,6,8-9,11-14,16-18H2,2H3/t21-,22-/m0/s1. The van der Waals surface area contributed by atoms with Gasteiger partial charge in [-0.15, -0.1) is 0 Å². The summed E-state index contributed by atoms with van der Waals surface area (Å²) in [4.78, 5) is 31.6. The molecule has 3 aliphatic rings. The molecule has 0 unspecified atom stereocenters. The number of nitriles is 1. The quantitative estimate of drug-likeness (QED) is 0.381. The molecule has 0 saturated carbocycles. The van der Waals surface area contributed by atoms with Gasteiger partial charge in [-0.2, -0.15) is 15.2 Å². The largest absolute Gasteiger partial charge is 0.462 e. The molecule has 3 aromatic rings. The fourth-order valence-corrected chi connectivity index (χ4v) is 6.27. The second-order valence-corrected chi connectivity index (χ2v) is 11.2. The minimum absolute atomic E-state index is 0.0184. The molecular formula is C31H33F2N7O3. The van der Waals surface area contributed by atoms with Crippen molar-refractivity contribution in [3.8, 4) is 23.3 Å². The van der Waals surface area contributed by atoms with Crippen molar-refractivity contribution in [3.63, 3.8) is 0 Å². The lowest BCUT2D eigenvalue weighted by Gasteiger charge is -2.41. The molecule has 0 spiro atoms. The van der Waals surface area contributed by atoms with Crippen LogP contribution in [0, 0.1) is 17.1 Å². The number of ether oxygens (including phenoxy) is 2. The number of likely N-dealkylation sites (tertiary alicyclic amines) is 1. The van der Waals surface area contributed by atoms with Gasteiger partial charge >= 0.3 is 6.01 Å². The number of amides is 1. The number of anilines is 1. The molecule has 2 saturated heterocycles. The van der Waals surface area contributed by atoms with Crippen molar-refractivity contribution in [2.45, 2.75) is 44.4 Å². The van der Waals surface area contributed by atoms with Gasteiger partial charge in [-0.1, -0.05) is 24.8 Å². The Kier molecular flexibility index (Phi) is 8.19. The molecule has 2 atom stereocenters. The van der Waals surface area contributed by atoms with Crippen LogP contribution in [-0.2, 0) is 22.6 Å². The number of carbonyl (C=O) groups excluding carboxylic acids is 1. The van der Waals surface area contributed by atoms with E-state index in [1.165, 1.54) is 4.90 Å². The van der Waals surface area contributed by atoms with Gasteiger partial charge in [-0.05, 0) is 44.0 Å². The van der Waals surface area contributed by atoms with E-state index in [4.69, 9.17) is 14.5 Å². The molecule has 0 aliphatic carbocycles. The van der Waals surface area contributed by atoms with Gasteiger partial charge in [-0.25, -0.2) is 8.78 Å². The highest BCUT2D eigenvalue weighted by atomic mass is 19.1. The van der Waals surface area contributed by atoms with Crippen molar-refractivity contribution >= 4 is 22.6 Å². The molecule has 5 heterocycles. The van der Waals surface area contributed by atoms with Crippen LogP contribution in [0.4, 0.5) is 14.6 Å². The lowest BCUT2D eigenvalue weighted by Crippen LogP contribution is -2.55. The van der Waals surface area contributed by atoms with Crippen LogP contribution in [0.3, 0.4) is 0 Å². The fraction of sp³-hybridized carbons (Fsp3) is 0.452. The average molecular weight is 590 g/mol. The second kappa shape index (κ2) is 12.2. The van der Waals surface area contributed by atoms with Crippen molar-refractivity contribution in [2.24, 2.45) is 0 Å². The number of rotatable bonds is 7. The van der Waals surface area contributed by atoms with Gasteiger partial charge in [-0.3, -0.25) is 9.78 Å². The highest BCUT2D eigenvalue weighted by Crippen LogP contribution is 2.36. The van der Waals surface area contributed by atoms with Gasteiger partial charge in [0.25, 0.3) is 5.91 Å². The van der Waals surface area contributed by atoms with E-state index in [9.17, 15) is 14.4 Å². The van der Waals surface area contributed by atoms with Gasteiger partial charge in [0.05, 0.1) is 37.1 Å². The molecule has 43 heavy (non-hydrogen) atoms. The molecule has 12 heteroatoms. The maximum absolute atomic E-state index is 16.5. The summed E-state index contributed by atoms with van der Waals surface area (Å²) in [7, 11) is 2.04. The smallest absolute Gasteiger partial charge is 0.319 e. The number of fused-ring (bicyclic) bond motifs is 2. The second-order valence-electron chi connectivity index (χ2n) is 11.2. The molecule has 224 valence electrons. The minimum Gasteiger partial charge on any atom is -0.462 e. The predicted molar refractivity (Wildman–Crippen MR) is 155 cm³/mol. The Morgan fingerprint density at radius 2 is 2.12 bits per heavy atom. The van der Waals surface area contributed by atoms with Crippen LogP contribution in [0.2, 0.25) is 0 Å². The highest BCUT2D eigenvalue weighted by molar-refractivity contribution is 5.93. The third kappa shape index (κ3) is 5.62. The number of hydrogen-bond donors (Lipinski definition) is 0. The van der Waals surface area contributed by atoms with Crippen LogP contribution in [-0.4, -0.2) is 89.2 Å². The first-order valence-corrected chi connectivity index (χ1v) is 14.5. The number of nitrogens with zero attached hydrogens (tertiary/aromatic N) is 7. The van der Waals surface area contributed by atoms with Crippen molar-refractivity contribution in [1.29, 1.82) is 5.26 Å². The number of aromatic nitrogens is 3. The van der Waals surface area contributed by atoms with Crippen LogP contribution in [0.25, 0.3) is 22.2 Å². The summed E-state index contributed by atoms with van der Waals surface area (Å²) in [6.45, 7) is 6.06. The van der Waals surface area contributed by atoms with Crippen molar-refractivity contribution in [1.82, 2.24) is 24.8 Å². The maximum Gasteiger partial charge on any atom is 0.319 e. The predicted octanol–water partition coefficient (Wildman–Crippen LogP) is 3.79. The molecule has 3 aliphatic heterocycles. The Morgan fingerprint density at radius 3 is 2.88 bits per heavy atom. The molecule has 6 rings (SSSR count). The number of benzene rings is 1. The van der Waals surface area contributed by atoms with Gasteiger partial charge in [0.2, 0.25) is 0 Å². The fourth-order valence-electron chi connectivity index (χ4n) is 6.27. The molecular weight excluding hydrogens is 556 g/mol. The van der Waals surface area contributed by atoms with E-state index in [0.29, 0.717) is 43.0 Å². The number of carbonyl (C=O) groups is 1. The van der Waals surface area contributed by atoms with E-state index in [0.717, 1.165) is 30.5 Å². The number of likely N-dealkylation sites (N-methyl/N-ethyl adjacent to an activating group) is 1. The molecule has 2 fully saturated rings. The molecule has 1 amide bonds. The molecule has 10 nitrogen and oxygen atoms in total. The van der Waals surface area contributed by atoms with E-state index in [2.05, 4.69) is 27.5 Å². The van der Waals surface area contributed by atoms with Crippen molar-refractivity contribution in [3.05, 3.63) is 53.7 Å². The first kappa shape index (κ1) is 28.9. The van der Waals surface area contributed by atoms with Crippen LogP contribution in [0.15, 0.2) is 36.8 Å². The first-order chi connectivity index (χ1) is 20.9. The summed E-state index contributed by atoms with van der Waals surface area (Å²) in [5.41, 5.74) is 2.97. The van der Waals surface area contributed by atoms with Gasteiger partial charge < -0.3 is 24.2 Å².